The van der Waals surface area contributed by atoms with Crippen molar-refractivity contribution in [3.05, 3.63) is 64.0 Å². The fourth-order valence-corrected chi connectivity index (χ4v) is 3.48. The molecule has 1 amide bonds. The molecule has 1 aromatic heterocycles. The summed E-state index contributed by atoms with van der Waals surface area (Å²) in [5.41, 5.74) is 0.642. The van der Waals surface area contributed by atoms with Gasteiger partial charge < -0.3 is 4.98 Å². The number of carbonyl (C=O) groups excluding carboxylic acids is 1. The number of carbonyl (C=O) groups is 1. The van der Waals surface area contributed by atoms with Crippen LogP contribution in [-0.2, 0) is 14.6 Å². The molecule has 0 spiro atoms. The average Bonchev–Trinajstić information content (AvgIpc) is 2.88. The van der Waals surface area contributed by atoms with E-state index in [-0.39, 0.29) is 4.90 Å². The highest BCUT2D eigenvalue weighted by molar-refractivity contribution is 7.92. The van der Waals surface area contributed by atoms with Crippen LogP contribution in [0, 0.1) is 0 Å². The number of nitrogens with one attached hydrogen (secondary N) is 1. The summed E-state index contributed by atoms with van der Waals surface area (Å²) in [6, 6.07) is 12.3. The third-order valence-corrected chi connectivity index (χ3v) is 5.30. The first-order valence-electron chi connectivity index (χ1n) is 7.11. The lowest BCUT2D eigenvalue weighted by Gasteiger charge is -2.01. The molecule has 1 heterocycles. The topological polar surface area (TPSA) is 101 Å². The van der Waals surface area contributed by atoms with E-state index in [9.17, 15) is 18.0 Å². The molecule has 0 atom stereocenters. The van der Waals surface area contributed by atoms with E-state index in [4.69, 9.17) is 11.6 Å². The van der Waals surface area contributed by atoms with Crippen LogP contribution in [0.3, 0.4) is 0 Å². The second-order valence-corrected chi connectivity index (χ2v) is 7.59. The minimum atomic E-state index is -3.84. The third-order valence-electron chi connectivity index (χ3n) is 3.43. The number of aliphatic imine (C=N–C) groups is 1. The van der Waals surface area contributed by atoms with Gasteiger partial charge in [0.15, 0.2) is 9.84 Å². The molecule has 9 heteroatoms. The molecule has 0 bridgehead atoms. The summed E-state index contributed by atoms with van der Waals surface area (Å²) in [7, 11) is -3.84. The Kier molecular flexibility index (Phi) is 4.56. The highest BCUT2D eigenvalue weighted by Gasteiger charge is 2.18. The van der Waals surface area contributed by atoms with Gasteiger partial charge in [0.1, 0.15) is 12.1 Å². The number of hydrogen-bond donors (Lipinski definition) is 1. The number of aromatic amines is 1. The molecule has 0 aliphatic carbocycles. The molecule has 0 aliphatic heterocycles. The largest absolute Gasteiger partial charge is 0.331 e. The zero-order valence-corrected chi connectivity index (χ0v) is 14.3. The van der Waals surface area contributed by atoms with Gasteiger partial charge in [0.05, 0.1) is 15.9 Å². The molecular weight excluding hydrogens is 366 g/mol. The van der Waals surface area contributed by atoms with E-state index in [1.807, 2.05) is 0 Å². The van der Waals surface area contributed by atoms with Gasteiger partial charge in [-0.05, 0) is 36.4 Å². The number of amides is 1. The predicted octanol–water partition coefficient (Wildman–Crippen LogP) is 1.86. The van der Waals surface area contributed by atoms with Crippen LogP contribution in [0.25, 0.3) is 11.0 Å². The molecule has 2 aromatic carbocycles. The number of nitrogens with zero attached hydrogens (tertiary/aromatic N) is 2. The smallest absolute Gasteiger partial charge is 0.305 e. The monoisotopic (exact) mass is 377 g/mol. The van der Waals surface area contributed by atoms with Crippen molar-refractivity contribution in [3.63, 3.8) is 0 Å². The second kappa shape index (κ2) is 6.66. The Morgan fingerprint density at radius 2 is 1.84 bits per heavy atom. The summed E-state index contributed by atoms with van der Waals surface area (Å²) >= 11 is 5.72. The van der Waals surface area contributed by atoms with E-state index in [1.54, 1.807) is 24.3 Å². The zero-order valence-electron chi connectivity index (χ0n) is 12.7. The van der Waals surface area contributed by atoms with Crippen molar-refractivity contribution in [1.82, 2.24) is 9.55 Å². The first kappa shape index (κ1) is 17.1. The summed E-state index contributed by atoms with van der Waals surface area (Å²) in [4.78, 5) is 29.9. The van der Waals surface area contributed by atoms with Crippen LogP contribution < -0.4 is 5.69 Å². The van der Waals surface area contributed by atoms with Crippen LogP contribution in [0.2, 0.25) is 5.02 Å². The molecule has 3 aromatic rings. The molecule has 0 aliphatic rings. The Labute approximate surface area is 147 Å². The van der Waals surface area contributed by atoms with Crippen molar-refractivity contribution in [2.24, 2.45) is 4.99 Å². The molecule has 128 valence electrons. The van der Waals surface area contributed by atoms with E-state index in [0.717, 1.165) is 10.9 Å². The summed E-state index contributed by atoms with van der Waals surface area (Å²) in [5.74, 6) is -1.69. The lowest BCUT2D eigenvalue weighted by molar-refractivity contribution is -0.115. The van der Waals surface area contributed by atoms with E-state index in [2.05, 4.69) is 9.98 Å². The van der Waals surface area contributed by atoms with Gasteiger partial charge in [0.25, 0.3) is 5.91 Å². The van der Waals surface area contributed by atoms with E-state index in [0.29, 0.717) is 16.1 Å². The van der Waals surface area contributed by atoms with E-state index >= 15 is 0 Å². The van der Waals surface area contributed by atoms with Crippen molar-refractivity contribution in [2.45, 2.75) is 4.90 Å². The fourth-order valence-electron chi connectivity index (χ4n) is 2.24. The van der Waals surface area contributed by atoms with Gasteiger partial charge in [-0.1, -0.05) is 23.7 Å². The van der Waals surface area contributed by atoms with Crippen molar-refractivity contribution >= 4 is 44.7 Å². The van der Waals surface area contributed by atoms with Gasteiger partial charge in [0, 0.05) is 5.02 Å². The Morgan fingerprint density at radius 3 is 2.56 bits per heavy atom. The number of imidazole rings is 1. The van der Waals surface area contributed by atoms with Gasteiger partial charge in [-0.2, -0.15) is 0 Å². The molecule has 1 N–H and O–H groups in total. The molecule has 0 saturated carbocycles. The first-order valence-corrected chi connectivity index (χ1v) is 9.14. The predicted molar refractivity (Wildman–Crippen MR) is 95.0 cm³/mol. The maximum absolute atomic E-state index is 12.2. The minimum Gasteiger partial charge on any atom is -0.305 e. The highest BCUT2D eigenvalue weighted by Crippen LogP contribution is 2.15. The van der Waals surface area contributed by atoms with Crippen molar-refractivity contribution in [2.75, 3.05) is 5.75 Å². The van der Waals surface area contributed by atoms with Crippen LogP contribution in [0.1, 0.15) is 0 Å². The van der Waals surface area contributed by atoms with Gasteiger partial charge >= 0.3 is 5.69 Å². The second-order valence-electron chi connectivity index (χ2n) is 5.17. The van der Waals surface area contributed by atoms with E-state index in [1.165, 1.54) is 24.3 Å². The fraction of sp³-hybridized carbons (Fsp3) is 0.0625. The van der Waals surface area contributed by atoms with Crippen LogP contribution in [0.5, 0.6) is 0 Å². The number of fused-ring (bicyclic) bond motifs is 1. The molecule has 7 nitrogen and oxygen atoms in total. The van der Waals surface area contributed by atoms with E-state index < -0.39 is 27.2 Å². The highest BCUT2D eigenvalue weighted by atomic mass is 35.5. The van der Waals surface area contributed by atoms with Gasteiger partial charge in [0.2, 0.25) is 0 Å². The number of H-pyrrole nitrogens is 1. The molecule has 0 unspecified atom stereocenters. The maximum atomic E-state index is 12.2. The summed E-state index contributed by atoms with van der Waals surface area (Å²) in [5, 5.41) is 0.391. The molecule has 0 radical (unpaired) electrons. The number of halogens is 1. The third kappa shape index (κ3) is 3.70. The first-order chi connectivity index (χ1) is 11.9. The number of sulfone groups is 1. The zero-order chi connectivity index (χ0) is 18.0. The number of aromatic nitrogens is 2. The molecule has 0 fully saturated rings. The van der Waals surface area contributed by atoms with Gasteiger partial charge in [-0.15, -0.1) is 0 Å². The summed E-state index contributed by atoms with van der Waals surface area (Å²) in [6.45, 7) is 0. The van der Waals surface area contributed by atoms with Crippen LogP contribution in [-0.4, -0.2) is 36.0 Å². The van der Waals surface area contributed by atoms with Gasteiger partial charge in [-0.25, -0.2) is 18.2 Å². The number of benzene rings is 2. The number of para-hydroxylation sites is 2. The van der Waals surface area contributed by atoms with Crippen LogP contribution in [0.4, 0.5) is 0 Å². The minimum absolute atomic E-state index is 0.0234. The Balaban J connectivity index is 1.82. The van der Waals surface area contributed by atoms with Gasteiger partial charge in [-0.3, -0.25) is 9.36 Å². The van der Waals surface area contributed by atoms with Crippen molar-refractivity contribution in [3.8, 4) is 0 Å². The lowest BCUT2D eigenvalue weighted by atomic mass is 10.3. The molecule has 0 saturated heterocycles. The average molecular weight is 378 g/mol. The molecule has 25 heavy (non-hydrogen) atoms. The number of hydrogen-bond acceptors (Lipinski definition) is 4. The molecule has 3 rings (SSSR count). The lowest BCUT2D eigenvalue weighted by Crippen LogP contribution is -2.19. The maximum Gasteiger partial charge on any atom is 0.331 e. The Bertz CT molecular complexity index is 1130. The standard InChI is InChI=1S/C16H12ClN3O4S/c17-11-5-7-12(8-6-11)25(23,24)9-15(21)18-10-20-14-4-2-1-3-13(14)19-16(20)22/h1-8,10H,9H2,(H,19,22). The summed E-state index contributed by atoms with van der Waals surface area (Å²) < 4.78 is 25.5. The Hall–Kier alpha value is -2.71. The normalized spacial score (nSPS) is 12.0. The summed E-state index contributed by atoms with van der Waals surface area (Å²) in [6.07, 6.45) is 1.01. The quantitative estimate of drug-likeness (QED) is 0.553. The number of rotatable bonds is 4. The molecular formula is C16H12ClN3O4S. The van der Waals surface area contributed by atoms with Crippen molar-refractivity contribution in [1.29, 1.82) is 0 Å². The van der Waals surface area contributed by atoms with Crippen LogP contribution >= 0.6 is 11.6 Å². The Morgan fingerprint density at radius 1 is 1.16 bits per heavy atom. The van der Waals surface area contributed by atoms with Crippen molar-refractivity contribution < 1.29 is 13.2 Å². The SMILES string of the molecule is O=C(CS(=O)(=O)c1ccc(Cl)cc1)N=Cn1c(=O)[nH]c2ccccc21. The van der Waals surface area contributed by atoms with Crippen LogP contribution in [0.15, 0.2) is 63.2 Å².